The van der Waals surface area contributed by atoms with E-state index in [0.29, 0.717) is 18.5 Å². The van der Waals surface area contributed by atoms with Gasteiger partial charge in [0.15, 0.2) is 0 Å². The van der Waals surface area contributed by atoms with Crippen LogP contribution in [-0.2, 0) is 16.8 Å². The van der Waals surface area contributed by atoms with Crippen LogP contribution in [0.25, 0.3) is 0 Å². The molecule has 2 N–H and O–H groups in total. The number of amides is 1. The second-order valence-corrected chi connectivity index (χ2v) is 5.99. The smallest absolute Gasteiger partial charge is 0.223 e. The van der Waals surface area contributed by atoms with Crippen LogP contribution >= 0.6 is 0 Å². The van der Waals surface area contributed by atoms with Gasteiger partial charge in [0.25, 0.3) is 0 Å². The van der Waals surface area contributed by atoms with Crippen molar-refractivity contribution in [2.75, 3.05) is 6.54 Å². The van der Waals surface area contributed by atoms with Crippen molar-refractivity contribution in [3.05, 3.63) is 71.0 Å². The number of aryl methyl sites for hydroxylation is 1. The van der Waals surface area contributed by atoms with Gasteiger partial charge in [0, 0.05) is 6.54 Å². The largest absolute Gasteiger partial charge is 0.385 e. The fourth-order valence-corrected chi connectivity index (χ4v) is 2.55. The molecule has 2 aromatic carbocycles. The Morgan fingerprint density at radius 1 is 1.22 bits per heavy atom. The molecule has 122 valence electrons. The molecule has 0 bridgehead atoms. The van der Waals surface area contributed by atoms with Gasteiger partial charge < -0.3 is 10.4 Å². The third kappa shape index (κ3) is 4.89. The van der Waals surface area contributed by atoms with Crippen LogP contribution in [0.4, 0.5) is 4.39 Å². The molecular formula is C19H22FNO2. The van der Waals surface area contributed by atoms with Gasteiger partial charge in [-0.1, -0.05) is 36.4 Å². The van der Waals surface area contributed by atoms with E-state index in [1.165, 1.54) is 12.1 Å². The molecule has 0 aliphatic carbocycles. The number of nitrogens with one attached hydrogen (secondary N) is 1. The summed E-state index contributed by atoms with van der Waals surface area (Å²) in [5.41, 5.74) is 1.39. The summed E-state index contributed by atoms with van der Waals surface area (Å²) in [6.45, 7) is 3.93. The van der Waals surface area contributed by atoms with Crippen LogP contribution in [0.15, 0.2) is 48.5 Å². The second-order valence-electron chi connectivity index (χ2n) is 5.99. The Balaban J connectivity index is 1.85. The van der Waals surface area contributed by atoms with E-state index in [-0.39, 0.29) is 18.1 Å². The minimum Gasteiger partial charge on any atom is -0.385 e. The zero-order chi connectivity index (χ0) is 16.9. The lowest BCUT2D eigenvalue weighted by Crippen LogP contribution is -2.33. The van der Waals surface area contributed by atoms with E-state index in [1.54, 1.807) is 25.1 Å². The van der Waals surface area contributed by atoms with E-state index in [1.807, 2.05) is 25.1 Å². The minimum atomic E-state index is -1.20. The second kappa shape index (κ2) is 7.38. The molecule has 2 rings (SSSR count). The highest BCUT2D eigenvalue weighted by Crippen LogP contribution is 2.23. The molecule has 0 heterocycles. The maximum Gasteiger partial charge on any atom is 0.223 e. The van der Waals surface area contributed by atoms with Crippen molar-refractivity contribution in [2.45, 2.75) is 32.3 Å². The van der Waals surface area contributed by atoms with Crippen LogP contribution in [0, 0.1) is 12.7 Å². The quantitative estimate of drug-likeness (QED) is 0.860. The molecule has 1 unspecified atom stereocenters. The van der Waals surface area contributed by atoms with E-state index in [9.17, 15) is 14.3 Å². The van der Waals surface area contributed by atoms with Gasteiger partial charge in [-0.15, -0.1) is 0 Å². The fraction of sp³-hybridized carbons (Fsp3) is 0.316. The Bertz CT molecular complexity index is 668. The number of rotatable bonds is 6. The maximum absolute atomic E-state index is 13.0. The number of aliphatic hydroxyl groups is 1. The topological polar surface area (TPSA) is 49.3 Å². The molecule has 2 aromatic rings. The van der Waals surface area contributed by atoms with Gasteiger partial charge in [-0.05, 0) is 49.1 Å². The van der Waals surface area contributed by atoms with Crippen molar-refractivity contribution in [1.29, 1.82) is 0 Å². The predicted molar refractivity (Wildman–Crippen MR) is 88.5 cm³/mol. The molecule has 4 heteroatoms. The number of benzene rings is 2. The average Bonchev–Trinajstić information content (AvgIpc) is 2.50. The Hall–Kier alpha value is -2.20. The number of hydrogen-bond acceptors (Lipinski definition) is 2. The molecule has 1 atom stereocenters. The van der Waals surface area contributed by atoms with Gasteiger partial charge in [-0.3, -0.25) is 4.79 Å². The molecule has 1 amide bonds. The predicted octanol–water partition coefficient (Wildman–Crippen LogP) is 3.09. The van der Waals surface area contributed by atoms with Crippen molar-refractivity contribution in [3.8, 4) is 0 Å². The summed E-state index contributed by atoms with van der Waals surface area (Å²) in [5, 5.41) is 13.3. The molecular weight excluding hydrogens is 293 g/mol. The van der Waals surface area contributed by atoms with E-state index >= 15 is 0 Å². The van der Waals surface area contributed by atoms with Crippen LogP contribution in [0.3, 0.4) is 0 Å². The summed E-state index contributed by atoms with van der Waals surface area (Å²) in [6, 6.07) is 13.8. The highest BCUT2D eigenvalue weighted by Gasteiger charge is 2.26. The molecule has 0 fully saturated rings. The van der Waals surface area contributed by atoms with E-state index in [2.05, 4.69) is 5.32 Å². The van der Waals surface area contributed by atoms with Gasteiger partial charge in [0.05, 0.1) is 12.0 Å². The SMILES string of the molecule is Cc1cc(F)ccc1CCNC(=O)CC(C)(O)c1ccccc1. The first-order valence-corrected chi connectivity index (χ1v) is 7.68. The lowest BCUT2D eigenvalue weighted by atomic mass is 9.92. The van der Waals surface area contributed by atoms with E-state index in [0.717, 1.165) is 11.1 Å². The van der Waals surface area contributed by atoms with Crippen LogP contribution in [0.1, 0.15) is 30.0 Å². The first kappa shape index (κ1) is 17.2. The van der Waals surface area contributed by atoms with Crippen molar-refractivity contribution in [1.82, 2.24) is 5.32 Å². The Kier molecular flexibility index (Phi) is 5.50. The highest BCUT2D eigenvalue weighted by atomic mass is 19.1. The highest BCUT2D eigenvalue weighted by molar-refractivity contribution is 5.77. The first-order chi connectivity index (χ1) is 10.9. The van der Waals surface area contributed by atoms with Crippen LogP contribution < -0.4 is 5.32 Å². The third-order valence-electron chi connectivity index (χ3n) is 3.92. The van der Waals surface area contributed by atoms with Gasteiger partial charge in [0.1, 0.15) is 5.82 Å². The number of carbonyl (C=O) groups excluding carboxylic acids is 1. The van der Waals surface area contributed by atoms with E-state index < -0.39 is 5.60 Å². The molecule has 0 aromatic heterocycles. The normalized spacial score (nSPS) is 13.4. The summed E-state index contributed by atoms with van der Waals surface area (Å²) in [6.07, 6.45) is 0.630. The molecule has 0 spiro atoms. The standard InChI is InChI=1S/C19H22FNO2/c1-14-12-17(20)9-8-15(14)10-11-21-18(22)13-19(2,23)16-6-4-3-5-7-16/h3-9,12,23H,10-11,13H2,1-2H3,(H,21,22). The minimum absolute atomic E-state index is 0.000582. The van der Waals surface area contributed by atoms with Crippen molar-refractivity contribution in [2.24, 2.45) is 0 Å². The lowest BCUT2D eigenvalue weighted by molar-refractivity contribution is -0.125. The van der Waals surface area contributed by atoms with Crippen LogP contribution in [0.2, 0.25) is 0 Å². The molecule has 0 saturated heterocycles. The molecule has 3 nitrogen and oxygen atoms in total. The number of carbonyl (C=O) groups is 1. The Morgan fingerprint density at radius 2 is 1.91 bits per heavy atom. The summed E-state index contributed by atoms with van der Waals surface area (Å²) in [5.74, 6) is -0.465. The molecule has 0 aliphatic heterocycles. The Labute approximate surface area is 136 Å². The monoisotopic (exact) mass is 315 g/mol. The van der Waals surface area contributed by atoms with Crippen molar-refractivity contribution >= 4 is 5.91 Å². The molecule has 0 radical (unpaired) electrons. The van der Waals surface area contributed by atoms with Gasteiger partial charge in [-0.25, -0.2) is 4.39 Å². The van der Waals surface area contributed by atoms with Gasteiger partial charge >= 0.3 is 0 Å². The van der Waals surface area contributed by atoms with Gasteiger partial charge in [0.2, 0.25) is 5.91 Å². The molecule has 0 saturated carbocycles. The molecule has 0 aliphatic rings. The van der Waals surface area contributed by atoms with Crippen LogP contribution in [-0.4, -0.2) is 17.6 Å². The third-order valence-corrected chi connectivity index (χ3v) is 3.92. The summed E-state index contributed by atoms with van der Waals surface area (Å²) < 4.78 is 13.0. The van der Waals surface area contributed by atoms with Crippen LogP contribution in [0.5, 0.6) is 0 Å². The van der Waals surface area contributed by atoms with Crippen molar-refractivity contribution in [3.63, 3.8) is 0 Å². The van der Waals surface area contributed by atoms with Crippen molar-refractivity contribution < 1.29 is 14.3 Å². The zero-order valence-corrected chi connectivity index (χ0v) is 13.5. The lowest BCUT2D eigenvalue weighted by Gasteiger charge is -2.23. The molecule has 23 heavy (non-hydrogen) atoms. The fourth-order valence-electron chi connectivity index (χ4n) is 2.55. The number of halogens is 1. The number of hydrogen-bond donors (Lipinski definition) is 2. The first-order valence-electron chi connectivity index (χ1n) is 7.68. The maximum atomic E-state index is 13.0. The summed E-state index contributed by atoms with van der Waals surface area (Å²) >= 11 is 0. The average molecular weight is 315 g/mol. The summed E-state index contributed by atoms with van der Waals surface area (Å²) in [7, 11) is 0. The van der Waals surface area contributed by atoms with E-state index in [4.69, 9.17) is 0 Å². The summed E-state index contributed by atoms with van der Waals surface area (Å²) in [4.78, 5) is 12.0. The Morgan fingerprint density at radius 3 is 2.57 bits per heavy atom. The zero-order valence-electron chi connectivity index (χ0n) is 13.5. The van der Waals surface area contributed by atoms with Gasteiger partial charge in [-0.2, -0.15) is 0 Å².